The molecule has 0 spiro atoms. The molecule has 5 atom stereocenters. The number of carbonyl (C=O) groups is 2. The van der Waals surface area contributed by atoms with E-state index < -0.39 is 62.5 Å². The van der Waals surface area contributed by atoms with Crippen LogP contribution in [0.1, 0.15) is 19.1 Å². The Hall–Kier alpha value is -3.88. The number of carboxylic acid groups (broad SMARTS) is 2. The van der Waals surface area contributed by atoms with Gasteiger partial charge in [-0.05, 0) is 12.5 Å². The number of phosphoric acid groups is 1. The number of nitrogens with zero attached hydrogens (tertiary/aromatic N) is 3. The largest absolute Gasteiger partial charge is 0.481 e. The van der Waals surface area contributed by atoms with Crippen LogP contribution in [0.5, 0.6) is 5.95 Å². The van der Waals surface area contributed by atoms with Gasteiger partial charge in [-0.15, -0.1) is 0 Å². The minimum Gasteiger partial charge on any atom is -0.481 e. The molecule has 1 saturated heterocycles. The Bertz CT molecular complexity index is 1370. The molecular weight excluding hydrogens is 567 g/mol. The standard InChI is InChI=1S/C10H14N5O8P.C5H9NO4.C4H4O2/c11-10-13-7-4(8(18)14-10)12-2-15(7)9-6(17)5(16)3(23-9)1-22-24(19,20)21;6-3(5(9)10)1-2-4(7)8;5-4-2-1-3-6-4/h2-3,5-6,9,16-17H,1H2,(H2,19,20,21)(H3,11,13,14,18);3H,1-2,6H2,(H,7,8)(H,9,10);1-3,5H/t3-,5-,6-,9-;;/m1../s1. The number of rotatable bonds is 8. The van der Waals surface area contributed by atoms with Crippen LogP contribution in [-0.4, -0.2) is 97.7 Å². The maximum absolute atomic E-state index is 11.7. The summed E-state index contributed by atoms with van der Waals surface area (Å²) in [6.07, 6.45) is -3.03. The highest BCUT2D eigenvalue weighted by molar-refractivity contribution is 7.46. The first kappa shape index (κ1) is 32.3. The second-order valence-corrected chi connectivity index (χ2v) is 9.18. The number of aromatic hydroxyl groups is 1. The van der Waals surface area contributed by atoms with Gasteiger partial charge in [0.25, 0.3) is 11.5 Å². The zero-order valence-corrected chi connectivity index (χ0v) is 21.1. The van der Waals surface area contributed by atoms with Crippen molar-refractivity contribution in [1.29, 1.82) is 0 Å². The van der Waals surface area contributed by atoms with Gasteiger partial charge in [0.1, 0.15) is 24.4 Å². The molecule has 20 nitrogen and oxygen atoms in total. The summed E-state index contributed by atoms with van der Waals surface area (Å²) >= 11 is 0. The second-order valence-electron chi connectivity index (χ2n) is 7.94. The monoisotopic (exact) mass is 594 g/mol. The number of nitrogens with one attached hydrogen (secondary N) is 1. The van der Waals surface area contributed by atoms with Gasteiger partial charge >= 0.3 is 19.8 Å². The van der Waals surface area contributed by atoms with Crippen molar-refractivity contribution in [1.82, 2.24) is 19.5 Å². The summed E-state index contributed by atoms with van der Waals surface area (Å²) in [6, 6.07) is 2.03. The smallest absolute Gasteiger partial charge is 0.469 e. The number of aliphatic hydroxyl groups is 2. The number of nitrogen functional groups attached to an aromatic ring is 1. The molecule has 1 fully saturated rings. The number of H-pyrrole nitrogens is 1. The molecule has 4 rings (SSSR count). The Kier molecular flexibility index (Phi) is 11.3. The lowest BCUT2D eigenvalue weighted by molar-refractivity contribution is -0.139. The van der Waals surface area contributed by atoms with E-state index in [1.165, 1.54) is 23.2 Å². The van der Waals surface area contributed by atoms with E-state index in [1.807, 2.05) is 0 Å². The molecule has 0 saturated carbocycles. The summed E-state index contributed by atoms with van der Waals surface area (Å²) in [5.41, 5.74) is 9.85. The van der Waals surface area contributed by atoms with Gasteiger partial charge in [0.05, 0.1) is 19.2 Å². The summed E-state index contributed by atoms with van der Waals surface area (Å²) in [5.74, 6) is -2.41. The van der Waals surface area contributed by atoms with E-state index in [2.05, 4.69) is 23.9 Å². The maximum atomic E-state index is 11.7. The molecule has 0 radical (unpaired) electrons. The molecule has 222 valence electrons. The number of imidazole rings is 1. The van der Waals surface area contributed by atoms with E-state index in [0.29, 0.717) is 0 Å². The zero-order chi connectivity index (χ0) is 30.2. The fourth-order valence-corrected chi connectivity index (χ4v) is 3.41. The molecule has 0 amide bonds. The first-order valence-electron chi connectivity index (χ1n) is 11.0. The highest BCUT2D eigenvalue weighted by atomic mass is 31.2. The van der Waals surface area contributed by atoms with E-state index in [-0.39, 0.29) is 35.9 Å². The van der Waals surface area contributed by atoms with Gasteiger partial charge in [-0.3, -0.25) is 28.5 Å². The lowest BCUT2D eigenvalue weighted by atomic mass is 10.1. The predicted octanol–water partition coefficient (Wildman–Crippen LogP) is -2.32. The molecule has 0 bridgehead atoms. The van der Waals surface area contributed by atoms with E-state index >= 15 is 0 Å². The molecule has 40 heavy (non-hydrogen) atoms. The Morgan fingerprint density at radius 3 is 2.42 bits per heavy atom. The van der Waals surface area contributed by atoms with Crippen molar-refractivity contribution in [2.24, 2.45) is 5.73 Å². The molecule has 1 unspecified atom stereocenters. The average molecular weight is 594 g/mol. The molecular formula is C19H27N6O14P. The molecule has 12 N–H and O–H groups in total. The summed E-state index contributed by atoms with van der Waals surface area (Å²) < 4.78 is 26.0. The number of aromatic nitrogens is 4. The number of anilines is 1. The van der Waals surface area contributed by atoms with Crippen molar-refractivity contribution < 1.29 is 63.2 Å². The fourth-order valence-electron chi connectivity index (χ4n) is 3.07. The number of aliphatic carboxylic acids is 2. The second kappa shape index (κ2) is 14.0. The van der Waals surface area contributed by atoms with Crippen molar-refractivity contribution in [3.63, 3.8) is 0 Å². The average Bonchev–Trinajstić information content (AvgIpc) is 3.57. The Morgan fingerprint density at radius 1 is 1.25 bits per heavy atom. The van der Waals surface area contributed by atoms with Crippen LogP contribution < -0.4 is 17.0 Å². The van der Waals surface area contributed by atoms with Crippen LogP contribution in [0.15, 0.2) is 33.9 Å². The third kappa shape index (κ3) is 9.39. The van der Waals surface area contributed by atoms with Gasteiger partial charge in [-0.25, -0.2) is 9.55 Å². The summed E-state index contributed by atoms with van der Waals surface area (Å²) in [7, 11) is -4.76. The maximum Gasteiger partial charge on any atom is 0.469 e. The number of aromatic amines is 1. The number of aliphatic hydroxyl groups excluding tert-OH is 2. The third-order valence-corrected chi connectivity index (χ3v) is 5.45. The lowest BCUT2D eigenvalue weighted by Gasteiger charge is -2.16. The minimum atomic E-state index is -4.76. The Labute approximate surface area is 222 Å². The Balaban J connectivity index is 0.000000287. The number of carboxylic acids is 2. The van der Waals surface area contributed by atoms with Crippen LogP contribution in [0.3, 0.4) is 0 Å². The summed E-state index contributed by atoms with van der Waals surface area (Å²) in [5, 5.41) is 44.6. The number of ether oxygens (including phenoxy) is 1. The van der Waals surface area contributed by atoms with Crippen LogP contribution in [0.2, 0.25) is 0 Å². The quantitative estimate of drug-likeness (QED) is 0.122. The number of hydrogen-bond acceptors (Lipinski definition) is 14. The van der Waals surface area contributed by atoms with Gasteiger partial charge in [0.15, 0.2) is 17.4 Å². The SMILES string of the molecule is NC(CCC(=O)O)C(=O)O.Nc1nc2c(ncn2[C@@H]2O[C@H](COP(=O)(O)O)[C@@H](O)[C@H]2O)c(=O)[nH]1.Oc1ccco1. The van der Waals surface area contributed by atoms with Crippen LogP contribution in [0, 0.1) is 0 Å². The van der Waals surface area contributed by atoms with Crippen molar-refractivity contribution in [3.8, 4) is 5.95 Å². The molecule has 1 aliphatic rings. The van der Waals surface area contributed by atoms with E-state index in [4.69, 9.17) is 41.3 Å². The number of fused-ring (bicyclic) bond motifs is 1. The van der Waals surface area contributed by atoms with E-state index in [9.17, 15) is 29.2 Å². The minimum absolute atomic E-state index is 0.0176. The van der Waals surface area contributed by atoms with E-state index in [0.717, 1.165) is 0 Å². The van der Waals surface area contributed by atoms with Crippen LogP contribution in [0.4, 0.5) is 5.95 Å². The van der Waals surface area contributed by atoms with Crippen molar-refractivity contribution in [2.75, 3.05) is 12.3 Å². The first-order chi connectivity index (χ1) is 18.6. The van der Waals surface area contributed by atoms with Crippen molar-refractivity contribution in [3.05, 3.63) is 35.1 Å². The van der Waals surface area contributed by atoms with Crippen molar-refractivity contribution in [2.45, 2.75) is 43.4 Å². The number of nitrogens with two attached hydrogens (primary N) is 2. The summed E-state index contributed by atoms with van der Waals surface area (Å²) in [6.45, 7) is -0.651. The molecule has 3 aromatic rings. The number of furan rings is 1. The molecule has 1 aliphatic heterocycles. The normalized spacial score (nSPS) is 21.1. The van der Waals surface area contributed by atoms with Crippen LogP contribution in [-0.2, 0) is 23.4 Å². The fraction of sp³-hybridized carbons (Fsp3) is 0.421. The van der Waals surface area contributed by atoms with Crippen LogP contribution in [0.25, 0.3) is 11.2 Å². The number of phosphoric ester groups is 1. The van der Waals surface area contributed by atoms with Crippen LogP contribution >= 0.6 is 7.82 Å². The highest BCUT2D eigenvalue weighted by Gasteiger charge is 2.45. The highest BCUT2D eigenvalue weighted by Crippen LogP contribution is 2.38. The van der Waals surface area contributed by atoms with Gasteiger partial charge in [-0.1, -0.05) is 0 Å². The molecule has 0 aliphatic carbocycles. The zero-order valence-electron chi connectivity index (χ0n) is 20.2. The van der Waals surface area contributed by atoms with Gasteiger partial charge in [-0.2, -0.15) is 4.98 Å². The van der Waals surface area contributed by atoms with Gasteiger partial charge in [0, 0.05) is 12.5 Å². The number of hydrogen-bond donors (Lipinski definition) is 10. The van der Waals surface area contributed by atoms with Gasteiger partial charge in [0.2, 0.25) is 5.95 Å². The summed E-state index contributed by atoms with van der Waals surface area (Å²) in [4.78, 5) is 59.0. The Morgan fingerprint density at radius 2 is 1.93 bits per heavy atom. The molecule has 21 heteroatoms. The first-order valence-corrected chi connectivity index (χ1v) is 12.5. The molecule has 3 aromatic heterocycles. The predicted molar refractivity (Wildman–Crippen MR) is 129 cm³/mol. The lowest BCUT2D eigenvalue weighted by Crippen LogP contribution is -2.33. The van der Waals surface area contributed by atoms with E-state index in [1.54, 1.807) is 6.07 Å². The third-order valence-electron chi connectivity index (χ3n) is 4.96. The van der Waals surface area contributed by atoms with Gasteiger partial charge < -0.3 is 55.9 Å². The van der Waals surface area contributed by atoms with Crippen molar-refractivity contribution >= 4 is 36.9 Å². The topological polar surface area (TPSA) is 340 Å². The molecule has 4 heterocycles. The molecule has 0 aromatic carbocycles.